The number of hydrogen-bond acceptors (Lipinski definition) is 2. The molecule has 1 aliphatic rings. The molecule has 0 unspecified atom stereocenters. The van der Waals surface area contributed by atoms with Crippen LogP contribution in [0.25, 0.3) is 0 Å². The van der Waals surface area contributed by atoms with Crippen LogP contribution in [-0.4, -0.2) is 38.3 Å². The van der Waals surface area contributed by atoms with Crippen molar-refractivity contribution in [3.8, 4) is 0 Å². The molecule has 5 heteroatoms. The maximum Gasteiger partial charge on any atom is 0.191 e. The van der Waals surface area contributed by atoms with Crippen LogP contribution in [0.1, 0.15) is 44.7 Å². The molecule has 1 aliphatic heterocycles. The largest absolute Gasteiger partial charge is 0.381 e. The van der Waals surface area contributed by atoms with Crippen molar-refractivity contribution in [2.24, 2.45) is 4.99 Å². The summed E-state index contributed by atoms with van der Waals surface area (Å²) in [5, 5.41) is 6.98. The van der Waals surface area contributed by atoms with Crippen LogP contribution in [0.4, 0.5) is 0 Å². The minimum absolute atomic E-state index is 0. The Hall–Kier alpha value is -0.820. The van der Waals surface area contributed by atoms with E-state index < -0.39 is 0 Å². The number of hydrogen-bond donors (Lipinski definition) is 2. The second-order valence-corrected chi connectivity index (χ2v) is 7.51. The summed E-state index contributed by atoms with van der Waals surface area (Å²) in [6.45, 7) is 11.1. The van der Waals surface area contributed by atoms with Crippen LogP contribution < -0.4 is 10.6 Å². The molecule has 136 valence electrons. The van der Waals surface area contributed by atoms with Crippen molar-refractivity contribution in [3.63, 3.8) is 0 Å². The van der Waals surface area contributed by atoms with Gasteiger partial charge in [-0.2, -0.15) is 0 Å². The third-order valence-electron chi connectivity index (χ3n) is 4.48. The van der Waals surface area contributed by atoms with E-state index in [0.717, 1.165) is 38.6 Å². The summed E-state index contributed by atoms with van der Waals surface area (Å²) in [6, 6.07) is 8.72. The van der Waals surface area contributed by atoms with E-state index in [1.165, 1.54) is 11.1 Å². The lowest BCUT2D eigenvalue weighted by Gasteiger charge is -2.39. The average Bonchev–Trinajstić information content (AvgIpc) is 2.51. The number of nitrogens with one attached hydrogen (secondary N) is 2. The number of aryl methyl sites for hydroxylation is 1. The van der Waals surface area contributed by atoms with E-state index in [1.54, 1.807) is 0 Å². The first-order valence-corrected chi connectivity index (χ1v) is 8.49. The molecule has 1 fully saturated rings. The highest BCUT2D eigenvalue weighted by Crippen LogP contribution is 2.36. The third-order valence-corrected chi connectivity index (χ3v) is 4.48. The van der Waals surface area contributed by atoms with Crippen LogP contribution in [0.5, 0.6) is 0 Å². The average molecular weight is 445 g/mol. The van der Waals surface area contributed by atoms with Gasteiger partial charge < -0.3 is 15.4 Å². The molecule has 4 nitrogen and oxygen atoms in total. The van der Waals surface area contributed by atoms with Gasteiger partial charge in [0.1, 0.15) is 0 Å². The van der Waals surface area contributed by atoms with E-state index in [9.17, 15) is 0 Å². The second-order valence-electron chi connectivity index (χ2n) is 7.51. The molecule has 0 amide bonds. The van der Waals surface area contributed by atoms with E-state index >= 15 is 0 Å². The molecule has 0 atom stereocenters. The van der Waals surface area contributed by atoms with Crippen molar-refractivity contribution >= 4 is 29.9 Å². The van der Waals surface area contributed by atoms with Crippen molar-refractivity contribution in [1.82, 2.24) is 10.6 Å². The molecule has 1 aromatic rings. The van der Waals surface area contributed by atoms with Crippen LogP contribution in [-0.2, 0) is 10.2 Å². The van der Waals surface area contributed by atoms with Crippen LogP contribution in [0, 0.1) is 6.92 Å². The molecule has 2 rings (SSSR count). The summed E-state index contributed by atoms with van der Waals surface area (Å²) in [5.74, 6) is 0.858. The summed E-state index contributed by atoms with van der Waals surface area (Å²) < 4.78 is 5.63. The fraction of sp³-hybridized carbons (Fsp3) is 0.632. The maximum absolute atomic E-state index is 5.63. The van der Waals surface area contributed by atoms with Gasteiger partial charge in [-0.05, 0) is 51.7 Å². The van der Waals surface area contributed by atoms with Gasteiger partial charge >= 0.3 is 0 Å². The van der Waals surface area contributed by atoms with Crippen LogP contribution in [0.15, 0.2) is 29.3 Å². The van der Waals surface area contributed by atoms with Gasteiger partial charge in [-0.1, -0.05) is 24.3 Å². The molecule has 1 saturated heterocycles. The molecule has 1 aromatic carbocycles. The van der Waals surface area contributed by atoms with Gasteiger partial charge in [0.05, 0.1) is 0 Å². The minimum Gasteiger partial charge on any atom is -0.381 e. The zero-order valence-electron chi connectivity index (χ0n) is 15.6. The Balaban J connectivity index is 0.00000288. The number of aliphatic imine (C=N–C) groups is 1. The van der Waals surface area contributed by atoms with Crippen LogP contribution in [0.2, 0.25) is 0 Å². The van der Waals surface area contributed by atoms with Gasteiger partial charge in [0, 0.05) is 37.8 Å². The fourth-order valence-electron chi connectivity index (χ4n) is 3.26. The number of ether oxygens (including phenoxy) is 1. The molecule has 2 N–H and O–H groups in total. The van der Waals surface area contributed by atoms with Crippen LogP contribution >= 0.6 is 24.0 Å². The normalized spacial score (nSPS) is 17.8. The Morgan fingerprint density at radius 2 is 1.83 bits per heavy atom. The predicted molar refractivity (Wildman–Crippen MR) is 113 cm³/mol. The summed E-state index contributed by atoms with van der Waals surface area (Å²) >= 11 is 0. The van der Waals surface area contributed by atoms with Gasteiger partial charge in [0.25, 0.3) is 0 Å². The van der Waals surface area contributed by atoms with E-state index in [0.29, 0.717) is 0 Å². The van der Waals surface area contributed by atoms with Gasteiger partial charge in [0.15, 0.2) is 5.96 Å². The molecular formula is C19H32IN3O. The Bertz CT molecular complexity index is 546. The molecule has 0 radical (unpaired) electrons. The zero-order valence-corrected chi connectivity index (χ0v) is 17.9. The summed E-state index contributed by atoms with van der Waals surface area (Å²) in [5.41, 5.74) is 2.89. The summed E-state index contributed by atoms with van der Waals surface area (Å²) in [7, 11) is 1.82. The van der Waals surface area contributed by atoms with Gasteiger partial charge in [-0.3, -0.25) is 4.99 Å². The molecular weight excluding hydrogens is 413 g/mol. The quantitative estimate of drug-likeness (QED) is 0.425. The lowest BCUT2D eigenvalue weighted by molar-refractivity contribution is 0.0511. The molecule has 0 bridgehead atoms. The molecule has 0 aromatic heterocycles. The monoisotopic (exact) mass is 445 g/mol. The Morgan fingerprint density at radius 1 is 1.21 bits per heavy atom. The Morgan fingerprint density at radius 3 is 2.38 bits per heavy atom. The maximum atomic E-state index is 5.63. The standard InChI is InChI=1S/C19H31N3O.HI/c1-15-8-6-7-9-16(15)19(10-12-23-13-11-19)14-21-17(20-5)22-18(2,3)4;/h6-9H,10-14H2,1-5H3,(H2,20,21,22);1H. The van der Waals surface area contributed by atoms with Crippen molar-refractivity contribution in [2.45, 2.75) is 51.5 Å². The second kappa shape index (κ2) is 9.04. The highest BCUT2D eigenvalue weighted by molar-refractivity contribution is 14.0. The van der Waals surface area contributed by atoms with Gasteiger partial charge in [-0.15, -0.1) is 24.0 Å². The number of rotatable bonds is 3. The smallest absolute Gasteiger partial charge is 0.191 e. The summed E-state index contributed by atoms with van der Waals surface area (Å²) in [6.07, 6.45) is 2.08. The number of nitrogens with zero attached hydrogens (tertiary/aromatic N) is 1. The first kappa shape index (κ1) is 21.2. The molecule has 1 heterocycles. The lowest BCUT2D eigenvalue weighted by atomic mass is 9.72. The van der Waals surface area contributed by atoms with Gasteiger partial charge in [0.2, 0.25) is 0 Å². The number of benzene rings is 1. The van der Waals surface area contributed by atoms with Gasteiger partial charge in [-0.25, -0.2) is 0 Å². The highest BCUT2D eigenvalue weighted by Gasteiger charge is 2.35. The number of guanidine groups is 1. The lowest BCUT2D eigenvalue weighted by Crippen LogP contribution is -2.52. The SMILES string of the molecule is CN=C(NCC1(c2ccccc2C)CCOCC1)NC(C)(C)C.I. The van der Waals surface area contributed by atoms with E-state index in [-0.39, 0.29) is 34.9 Å². The van der Waals surface area contributed by atoms with E-state index in [2.05, 4.69) is 67.6 Å². The molecule has 0 aliphatic carbocycles. The minimum atomic E-state index is -0.00660. The summed E-state index contributed by atoms with van der Waals surface area (Å²) in [4.78, 5) is 4.37. The predicted octanol–water partition coefficient (Wildman–Crippen LogP) is 3.62. The van der Waals surface area contributed by atoms with E-state index in [4.69, 9.17) is 4.74 Å². The van der Waals surface area contributed by atoms with Crippen LogP contribution in [0.3, 0.4) is 0 Å². The molecule has 0 saturated carbocycles. The molecule has 24 heavy (non-hydrogen) atoms. The highest BCUT2D eigenvalue weighted by atomic mass is 127. The van der Waals surface area contributed by atoms with E-state index in [1.807, 2.05) is 7.05 Å². The Kier molecular flexibility index (Phi) is 7.99. The first-order chi connectivity index (χ1) is 10.9. The zero-order chi connectivity index (χ0) is 16.9. The fourth-order valence-corrected chi connectivity index (χ4v) is 3.26. The number of halogens is 1. The van der Waals surface area contributed by atoms with Crippen molar-refractivity contribution in [1.29, 1.82) is 0 Å². The van der Waals surface area contributed by atoms with Crippen molar-refractivity contribution in [3.05, 3.63) is 35.4 Å². The van der Waals surface area contributed by atoms with Crippen molar-refractivity contribution in [2.75, 3.05) is 26.8 Å². The first-order valence-electron chi connectivity index (χ1n) is 8.49. The topological polar surface area (TPSA) is 45.7 Å². The third kappa shape index (κ3) is 5.62. The van der Waals surface area contributed by atoms with Crippen molar-refractivity contribution < 1.29 is 4.74 Å². The molecule has 0 spiro atoms. The Labute approximate surface area is 163 Å².